The highest BCUT2D eigenvalue weighted by molar-refractivity contribution is 7.12. The Labute approximate surface area is 142 Å². The molecule has 1 aromatic rings. The molecule has 6 heteroatoms. The van der Waals surface area contributed by atoms with E-state index in [1.54, 1.807) is 6.07 Å². The monoisotopic (exact) mass is 337 g/mol. The molecule has 1 aliphatic heterocycles. The van der Waals surface area contributed by atoms with Crippen LogP contribution in [0.4, 0.5) is 0 Å². The zero-order valence-electron chi connectivity index (χ0n) is 13.7. The molecule has 1 aromatic heterocycles. The highest BCUT2D eigenvalue weighted by Gasteiger charge is 2.09. The molecule has 1 fully saturated rings. The van der Waals surface area contributed by atoms with Crippen molar-refractivity contribution in [3.8, 4) is 0 Å². The molecule has 0 bridgehead atoms. The first kappa shape index (κ1) is 17.9. The zero-order valence-corrected chi connectivity index (χ0v) is 14.5. The van der Waals surface area contributed by atoms with Gasteiger partial charge in [0.2, 0.25) is 5.91 Å². The van der Waals surface area contributed by atoms with Crippen LogP contribution in [0.15, 0.2) is 17.5 Å². The minimum atomic E-state index is -0.103. The lowest BCUT2D eigenvalue weighted by Gasteiger charge is -2.19. The van der Waals surface area contributed by atoms with Crippen LogP contribution < -0.4 is 10.6 Å². The van der Waals surface area contributed by atoms with Gasteiger partial charge in [0.25, 0.3) is 5.91 Å². The molecule has 0 atom stereocenters. The Hall–Kier alpha value is -1.40. The number of carbonyl (C=O) groups is 2. The van der Waals surface area contributed by atoms with Crippen LogP contribution in [0, 0.1) is 0 Å². The molecule has 1 saturated heterocycles. The number of amides is 2. The maximum absolute atomic E-state index is 11.7. The number of carbonyl (C=O) groups excluding carboxylic acids is 2. The van der Waals surface area contributed by atoms with Crippen molar-refractivity contribution in [3.63, 3.8) is 0 Å². The fourth-order valence-corrected chi connectivity index (χ4v) is 3.40. The highest BCUT2D eigenvalue weighted by Crippen LogP contribution is 2.09. The number of nitrogens with zero attached hydrogens (tertiary/aromatic N) is 1. The van der Waals surface area contributed by atoms with E-state index in [4.69, 9.17) is 0 Å². The van der Waals surface area contributed by atoms with Crippen LogP contribution in [0.1, 0.15) is 48.2 Å². The van der Waals surface area contributed by atoms with Crippen molar-refractivity contribution in [3.05, 3.63) is 22.4 Å². The normalized spacial score (nSPS) is 15.8. The third kappa shape index (κ3) is 7.14. The summed E-state index contributed by atoms with van der Waals surface area (Å²) in [7, 11) is 0. The molecule has 0 aromatic carbocycles. The number of rotatable bonds is 8. The Balaban J connectivity index is 1.49. The molecule has 5 nitrogen and oxygen atoms in total. The van der Waals surface area contributed by atoms with Crippen molar-refractivity contribution < 1.29 is 9.59 Å². The van der Waals surface area contributed by atoms with Gasteiger partial charge in [-0.3, -0.25) is 9.59 Å². The average molecular weight is 337 g/mol. The number of thiophene rings is 1. The van der Waals surface area contributed by atoms with Crippen molar-refractivity contribution in [2.24, 2.45) is 0 Å². The molecule has 0 saturated carbocycles. The quantitative estimate of drug-likeness (QED) is 0.715. The van der Waals surface area contributed by atoms with E-state index >= 15 is 0 Å². The van der Waals surface area contributed by atoms with Gasteiger partial charge in [-0.1, -0.05) is 18.9 Å². The van der Waals surface area contributed by atoms with Gasteiger partial charge in [-0.05, 0) is 50.3 Å². The molecule has 0 aliphatic carbocycles. The number of hydrogen-bond donors (Lipinski definition) is 2. The second-order valence-corrected chi connectivity index (χ2v) is 6.89. The first-order valence-electron chi connectivity index (χ1n) is 8.56. The topological polar surface area (TPSA) is 61.4 Å². The number of likely N-dealkylation sites (tertiary alicyclic amines) is 1. The molecular formula is C17H27N3O2S. The third-order valence-electron chi connectivity index (χ3n) is 4.05. The van der Waals surface area contributed by atoms with Crippen LogP contribution in [-0.4, -0.2) is 49.4 Å². The van der Waals surface area contributed by atoms with E-state index in [0.29, 0.717) is 24.4 Å². The number of nitrogens with one attached hydrogen (secondary N) is 2. The first-order chi connectivity index (χ1) is 11.3. The van der Waals surface area contributed by atoms with Crippen LogP contribution in [0.25, 0.3) is 0 Å². The van der Waals surface area contributed by atoms with Crippen molar-refractivity contribution >= 4 is 23.2 Å². The average Bonchev–Trinajstić information content (AvgIpc) is 2.96. The number of hydrogen-bond acceptors (Lipinski definition) is 4. The lowest BCUT2D eigenvalue weighted by Crippen LogP contribution is -2.33. The summed E-state index contributed by atoms with van der Waals surface area (Å²) < 4.78 is 0. The van der Waals surface area contributed by atoms with Crippen LogP contribution in [-0.2, 0) is 4.79 Å². The molecule has 2 heterocycles. The molecule has 0 radical (unpaired) electrons. The Morgan fingerprint density at radius 1 is 1.09 bits per heavy atom. The largest absolute Gasteiger partial charge is 0.356 e. The van der Waals surface area contributed by atoms with Gasteiger partial charge in [0.05, 0.1) is 4.88 Å². The maximum Gasteiger partial charge on any atom is 0.261 e. The van der Waals surface area contributed by atoms with E-state index in [1.807, 2.05) is 11.4 Å². The summed E-state index contributed by atoms with van der Waals surface area (Å²) >= 11 is 1.40. The summed E-state index contributed by atoms with van der Waals surface area (Å²) in [6.45, 7) is 4.56. The standard InChI is InChI=1S/C17H27N3O2S/c21-16(8-10-19-17(22)15-7-5-14-23-15)18-9-6-13-20-11-3-1-2-4-12-20/h5,7,14H,1-4,6,8-13H2,(H,18,21)(H,19,22). The van der Waals surface area contributed by atoms with Gasteiger partial charge in [0, 0.05) is 19.5 Å². The van der Waals surface area contributed by atoms with Crippen molar-refractivity contribution in [1.29, 1.82) is 0 Å². The summed E-state index contributed by atoms with van der Waals surface area (Å²) in [5.74, 6) is -0.0960. The minimum absolute atomic E-state index is 0.00680. The Morgan fingerprint density at radius 3 is 2.57 bits per heavy atom. The molecule has 2 amide bonds. The van der Waals surface area contributed by atoms with Crippen LogP contribution in [0.3, 0.4) is 0 Å². The Kier molecular flexibility index (Phi) is 8.11. The van der Waals surface area contributed by atoms with E-state index in [2.05, 4.69) is 15.5 Å². The van der Waals surface area contributed by atoms with Gasteiger partial charge in [-0.25, -0.2) is 0 Å². The zero-order chi connectivity index (χ0) is 16.3. The summed E-state index contributed by atoms with van der Waals surface area (Å²) in [5, 5.41) is 7.57. The van der Waals surface area contributed by atoms with Crippen molar-refractivity contribution in [2.45, 2.75) is 38.5 Å². The predicted molar refractivity (Wildman–Crippen MR) is 93.8 cm³/mol. The SMILES string of the molecule is O=C(CCNC(=O)c1cccs1)NCCCN1CCCCCC1. The van der Waals surface area contributed by atoms with E-state index < -0.39 is 0 Å². The van der Waals surface area contributed by atoms with Gasteiger partial charge in [0.1, 0.15) is 0 Å². The minimum Gasteiger partial charge on any atom is -0.356 e. The van der Waals surface area contributed by atoms with E-state index in [-0.39, 0.29) is 11.8 Å². The molecule has 1 aliphatic rings. The lowest BCUT2D eigenvalue weighted by molar-refractivity contribution is -0.120. The summed E-state index contributed by atoms with van der Waals surface area (Å²) in [5.41, 5.74) is 0. The molecular weight excluding hydrogens is 310 g/mol. The summed E-state index contributed by atoms with van der Waals surface area (Å²) in [6.07, 6.45) is 6.63. The van der Waals surface area contributed by atoms with Crippen LogP contribution in [0.5, 0.6) is 0 Å². The van der Waals surface area contributed by atoms with E-state index in [9.17, 15) is 9.59 Å². The maximum atomic E-state index is 11.7. The fourth-order valence-electron chi connectivity index (χ4n) is 2.76. The van der Waals surface area contributed by atoms with Gasteiger partial charge >= 0.3 is 0 Å². The van der Waals surface area contributed by atoms with Gasteiger partial charge in [-0.2, -0.15) is 0 Å². The van der Waals surface area contributed by atoms with Crippen LogP contribution in [0.2, 0.25) is 0 Å². The van der Waals surface area contributed by atoms with Gasteiger partial charge in [-0.15, -0.1) is 11.3 Å². The first-order valence-corrected chi connectivity index (χ1v) is 9.44. The van der Waals surface area contributed by atoms with Crippen molar-refractivity contribution in [2.75, 3.05) is 32.7 Å². The molecule has 128 valence electrons. The molecule has 0 unspecified atom stereocenters. The molecule has 0 spiro atoms. The third-order valence-corrected chi connectivity index (χ3v) is 4.92. The van der Waals surface area contributed by atoms with Gasteiger partial charge in [0.15, 0.2) is 0 Å². The van der Waals surface area contributed by atoms with Crippen LogP contribution >= 0.6 is 11.3 Å². The second kappa shape index (κ2) is 10.4. The van der Waals surface area contributed by atoms with E-state index in [1.165, 1.54) is 50.1 Å². The Bertz CT molecular complexity index is 468. The second-order valence-electron chi connectivity index (χ2n) is 5.94. The fraction of sp³-hybridized carbons (Fsp3) is 0.647. The van der Waals surface area contributed by atoms with E-state index in [0.717, 1.165) is 13.0 Å². The van der Waals surface area contributed by atoms with Gasteiger partial charge < -0.3 is 15.5 Å². The lowest BCUT2D eigenvalue weighted by atomic mass is 10.2. The summed E-state index contributed by atoms with van der Waals surface area (Å²) in [6, 6.07) is 3.62. The predicted octanol–water partition coefficient (Wildman–Crippen LogP) is 2.25. The summed E-state index contributed by atoms with van der Waals surface area (Å²) in [4.78, 5) is 26.6. The molecule has 2 rings (SSSR count). The Morgan fingerprint density at radius 2 is 1.87 bits per heavy atom. The molecule has 2 N–H and O–H groups in total. The smallest absolute Gasteiger partial charge is 0.261 e. The molecule has 23 heavy (non-hydrogen) atoms. The van der Waals surface area contributed by atoms with Crippen molar-refractivity contribution in [1.82, 2.24) is 15.5 Å². The highest BCUT2D eigenvalue weighted by atomic mass is 32.1.